The van der Waals surface area contributed by atoms with Crippen molar-refractivity contribution in [2.24, 2.45) is 0 Å². The molecule has 1 aliphatic rings. The van der Waals surface area contributed by atoms with E-state index in [1.54, 1.807) is 0 Å². The number of thioether (sulfide) groups is 2. The molecule has 1 aromatic carbocycles. The van der Waals surface area contributed by atoms with Gasteiger partial charge < -0.3 is 4.43 Å². The van der Waals surface area contributed by atoms with Gasteiger partial charge in [-0.3, -0.25) is 4.79 Å². The lowest BCUT2D eigenvalue weighted by molar-refractivity contribution is 0.0976. The van der Waals surface area contributed by atoms with E-state index in [4.69, 9.17) is 4.43 Å². The molecule has 5 heteroatoms. The van der Waals surface area contributed by atoms with Crippen LogP contribution in [0.2, 0.25) is 18.1 Å². The minimum absolute atomic E-state index is 0.0203. The van der Waals surface area contributed by atoms with Crippen molar-refractivity contribution in [2.75, 3.05) is 18.1 Å². The van der Waals surface area contributed by atoms with E-state index in [-0.39, 0.29) is 14.9 Å². The zero-order chi connectivity index (χ0) is 18.6. The summed E-state index contributed by atoms with van der Waals surface area (Å²) in [6, 6.07) is 9.72. The quantitative estimate of drug-likeness (QED) is 0.402. The van der Waals surface area contributed by atoms with Crippen molar-refractivity contribution >= 4 is 37.6 Å². The third-order valence-corrected chi connectivity index (χ3v) is 13.3. The Labute approximate surface area is 163 Å². The normalized spacial score (nSPS) is 18.1. The van der Waals surface area contributed by atoms with Gasteiger partial charge in [0.15, 0.2) is 14.1 Å². The molecule has 0 unspecified atom stereocenters. The molecule has 0 aromatic heterocycles. The van der Waals surface area contributed by atoms with Crippen LogP contribution in [-0.4, -0.2) is 36.3 Å². The maximum atomic E-state index is 12.8. The van der Waals surface area contributed by atoms with Gasteiger partial charge in [0.2, 0.25) is 0 Å². The second kappa shape index (κ2) is 8.64. The van der Waals surface area contributed by atoms with Gasteiger partial charge in [0.1, 0.15) is 0 Å². The minimum atomic E-state index is -1.73. The fraction of sp³-hybridized carbons (Fsp3) is 0.650. The molecule has 1 aromatic rings. The average Bonchev–Trinajstić information content (AvgIpc) is 2.55. The fourth-order valence-electron chi connectivity index (χ4n) is 2.60. The first-order chi connectivity index (χ1) is 11.7. The molecular weight excluding hydrogens is 364 g/mol. The molecule has 2 rings (SSSR count). The van der Waals surface area contributed by atoms with E-state index in [0.717, 1.165) is 30.1 Å². The summed E-state index contributed by atoms with van der Waals surface area (Å²) in [4.78, 5) is 12.8. The summed E-state index contributed by atoms with van der Waals surface area (Å²) in [5, 5.41) is 0.229. The SMILES string of the molecule is CC(C)(C)[Si](C)(C)OCCC1(CC(=O)c2ccccc2)SCCCS1. The average molecular weight is 397 g/mol. The number of carbonyl (C=O) groups is 1. The number of hydrogen-bond donors (Lipinski definition) is 0. The molecule has 1 fully saturated rings. The Morgan fingerprint density at radius 3 is 2.32 bits per heavy atom. The van der Waals surface area contributed by atoms with Gasteiger partial charge in [-0.2, -0.15) is 0 Å². The first-order valence-electron chi connectivity index (χ1n) is 9.15. The number of rotatable bonds is 7. The topological polar surface area (TPSA) is 26.3 Å². The summed E-state index contributed by atoms with van der Waals surface area (Å²) in [5.41, 5.74) is 0.832. The van der Waals surface area contributed by atoms with Gasteiger partial charge >= 0.3 is 0 Å². The zero-order valence-electron chi connectivity index (χ0n) is 16.3. The van der Waals surface area contributed by atoms with E-state index < -0.39 is 8.32 Å². The molecule has 0 aliphatic carbocycles. The first kappa shape index (κ1) is 21.1. The number of Topliss-reactive ketones (excluding diaryl/α,β-unsaturated/α-hetero) is 1. The second-order valence-corrected chi connectivity index (χ2v) is 16.3. The van der Waals surface area contributed by atoms with Gasteiger partial charge in [0, 0.05) is 18.6 Å². The molecule has 2 nitrogen and oxygen atoms in total. The van der Waals surface area contributed by atoms with Gasteiger partial charge in [-0.15, -0.1) is 23.5 Å². The molecular formula is C20H32O2S2Si. The molecule has 0 atom stereocenters. The molecule has 0 N–H and O–H groups in total. The van der Waals surface area contributed by atoms with Crippen LogP contribution in [0.25, 0.3) is 0 Å². The van der Waals surface area contributed by atoms with Gasteiger partial charge in [0.25, 0.3) is 0 Å². The predicted octanol–water partition coefficient (Wildman–Crippen LogP) is 6.24. The molecule has 25 heavy (non-hydrogen) atoms. The molecule has 0 radical (unpaired) electrons. The van der Waals surface area contributed by atoms with E-state index >= 15 is 0 Å². The smallest absolute Gasteiger partial charge is 0.191 e. The van der Waals surface area contributed by atoms with Crippen LogP contribution >= 0.6 is 23.5 Å². The maximum Gasteiger partial charge on any atom is 0.191 e. The van der Waals surface area contributed by atoms with Crippen LogP contribution in [0, 0.1) is 0 Å². The van der Waals surface area contributed by atoms with Crippen LogP contribution in [0.15, 0.2) is 30.3 Å². The lowest BCUT2D eigenvalue weighted by Gasteiger charge is -2.39. The molecule has 0 amide bonds. The van der Waals surface area contributed by atoms with E-state index in [1.165, 1.54) is 6.42 Å². The summed E-state index contributed by atoms with van der Waals surface area (Å²) in [6.45, 7) is 12.2. The summed E-state index contributed by atoms with van der Waals surface area (Å²) < 4.78 is 6.39. The zero-order valence-corrected chi connectivity index (χ0v) is 18.9. The van der Waals surface area contributed by atoms with Gasteiger partial charge in [-0.05, 0) is 42.5 Å². The number of hydrogen-bond acceptors (Lipinski definition) is 4. The third-order valence-electron chi connectivity index (χ3n) is 5.30. The van der Waals surface area contributed by atoms with Crippen molar-refractivity contribution in [2.45, 2.75) is 62.2 Å². The van der Waals surface area contributed by atoms with Crippen LogP contribution in [0.3, 0.4) is 0 Å². The predicted molar refractivity (Wildman–Crippen MR) is 115 cm³/mol. The fourth-order valence-corrected chi connectivity index (χ4v) is 6.91. The van der Waals surface area contributed by atoms with Crippen molar-refractivity contribution in [1.29, 1.82) is 0 Å². The van der Waals surface area contributed by atoms with E-state index in [9.17, 15) is 4.79 Å². The molecule has 0 bridgehead atoms. The Morgan fingerprint density at radius 2 is 1.76 bits per heavy atom. The number of benzene rings is 1. The molecule has 1 aliphatic heterocycles. The van der Waals surface area contributed by atoms with Gasteiger partial charge in [-0.25, -0.2) is 0 Å². The van der Waals surface area contributed by atoms with E-state index in [0.29, 0.717) is 6.42 Å². The van der Waals surface area contributed by atoms with Crippen molar-refractivity contribution in [1.82, 2.24) is 0 Å². The first-order valence-corrected chi connectivity index (χ1v) is 14.0. The van der Waals surface area contributed by atoms with Crippen LogP contribution < -0.4 is 0 Å². The Balaban J connectivity index is 2.01. The Hall–Kier alpha value is -0.233. The Bertz CT molecular complexity index is 561. The summed E-state index contributed by atoms with van der Waals surface area (Å²) in [5.74, 6) is 2.56. The Morgan fingerprint density at radius 1 is 1.16 bits per heavy atom. The van der Waals surface area contributed by atoms with Crippen molar-refractivity contribution in [3.8, 4) is 0 Å². The monoisotopic (exact) mass is 396 g/mol. The third kappa shape index (κ3) is 5.88. The van der Waals surface area contributed by atoms with E-state index in [2.05, 4.69) is 33.9 Å². The lowest BCUT2D eigenvalue weighted by atomic mass is 10.1. The van der Waals surface area contributed by atoms with Crippen molar-refractivity contribution in [3.63, 3.8) is 0 Å². The molecule has 1 heterocycles. The number of ketones is 1. The Kier molecular flexibility index (Phi) is 7.28. The van der Waals surface area contributed by atoms with Crippen LogP contribution in [0.5, 0.6) is 0 Å². The standard InChI is InChI=1S/C20H32O2S2Si/c1-19(2,3)25(4,5)22-13-12-20(23-14-9-15-24-20)16-18(21)17-10-7-6-8-11-17/h6-8,10-11H,9,12-16H2,1-5H3. The highest BCUT2D eigenvalue weighted by Gasteiger charge is 2.40. The van der Waals surface area contributed by atoms with Crippen molar-refractivity contribution < 1.29 is 9.22 Å². The summed E-state index contributed by atoms with van der Waals surface area (Å²) in [7, 11) is -1.73. The summed E-state index contributed by atoms with van der Waals surface area (Å²) >= 11 is 3.94. The molecule has 140 valence electrons. The van der Waals surface area contributed by atoms with Crippen LogP contribution in [0.4, 0.5) is 0 Å². The highest BCUT2D eigenvalue weighted by molar-refractivity contribution is 8.18. The van der Waals surface area contributed by atoms with Crippen LogP contribution in [-0.2, 0) is 4.43 Å². The van der Waals surface area contributed by atoms with Crippen molar-refractivity contribution in [3.05, 3.63) is 35.9 Å². The highest BCUT2D eigenvalue weighted by atomic mass is 32.2. The van der Waals surface area contributed by atoms with Crippen LogP contribution in [0.1, 0.15) is 50.4 Å². The highest BCUT2D eigenvalue weighted by Crippen LogP contribution is 2.48. The van der Waals surface area contributed by atoms with Gasteiger partial charge in [0.05, 0.1) is 4.08 Å². The largest absolute Gasteiger partial charge is 0.417 e. The number of carbonyl (C=O) groups excluding carboxylic acids is 1. The second-order valence-electron chi connectivity index (χ2n) is 8.29. The maximum absolute atomic E-state index is 12.8. The van der Waals surface area contributed by atoms with E-state index in [1.807, 2.05) is 53.9 Å². The minimum Gasteiger partial charge on any atom is -0.417 e. The van der Waals surface area contributed by atoms with Gasteiger partial charge in [-0.1, -0.05) is 51.1 Å². The molecule has 0 spiro atoms. The molecule has 1 saturated heterocycles. The molecule has 0 saturated carbocycles. The summed E-state index contributed by atoms with van der Waals surface area (Å²) in [6.07, 6.45) is 2.79. The lowest BCUT2D eigenvalue weighted by Crippen LogP contribution is -2.42.